The van der Waals surface area contributed by atoms with Crippen LogP contribution in [0.2, 0.25) is 0 Å². The first-order valence-corrected chi connectivity index (χ1v) is 9.53. The number of nitrogens with zero attached hydrogens (tertiary/aromatic N) is 2. The Balaban J connectivity index is 1.62. The molecule has 0 unspecified atom stereocenters. The quantitative estimate of drug-likeness (QED) is 0.470. The molecule has 3 aromatic rings. The molecule has 2 aromatic heterocycles. The van der Waals surface area contributed by atoms with Crippen LogP contribution in [0.4, 0.5) is 4.39 Å². The summed E-state index contributed by atoms with van der Waals surface area (Å²) in [4.78, 5) is 9.70. The number of benzene rings is 1. The first-order chi connectivity index (χ1) is 13.2. The van der Waals surface area contributed by atoms with E-state index in [1.807, 2.05) is 18.4 Å². The smallest absolute Gasteiger partial charge is 0.191 e. The Morgan fingerprint density at radius 1 is 1.22 bits per heavy atom. The summed E-state index contributed by atoms with van der Waals surface area (Å²) in [6.45, 7) is 3.83. The lowest BCUT2D eigenvalue weighted by Crippen LogP contribution is -2.36. The highest BCUT2D eigenvalue weighted by Crippen LogP contribution is 2.24. The molecule has 3 rings (SSSR count). The van der Waals surface area contributed by atoms with Crippen LogP contribution in [0, 0.1) is 5.82 Å². The second-order valence-electron chi connectivity index (χ2n) is 5.68. The van der Waals surface area contributed by atoms with Crippen LogP contribution in [0.5, 0.6) is 11.5 Å². The van der Waals surface area contributed by atoms with Gasteiger partial charge in [0.05, 0.1) is 19.3 Å². The number of thiophene rings is 1. The van der Waals surface area contributed by atoms with Crippen molar-refractivity contribution in [3.8, 4) is 11.5 Å². The maximum atomic E-state index is 14.3. The van der Waals surface area contributed by atoms with Gasteiger partial charge < -0.3 is 15.4 Å². The molecule has 2 N–H and O–H groups in total. The number of hydrogen-bond donors (Lipinski definition) is 2. The van der Waals surface area contributed by atoms with Crippen LogP contribution < -0.4 is 15.4 Å². The summed E-state index contributed by atoms with van der Waals surface area (Å²) in [5.74, 6) is 0.929. The molecule has 0 atom stereocenters. The lowest BCUT2D eigenvalue weighted by molar-refractivity contribution is 0.440. The van der Waals surface area contributed by atoms with Crippen LogP contribution in [-0.2, 0) is 13.1 Å². The summed E-state index contributed by atoms with van der Waals surface area (Å²) in [5, 5.41) is 8.51. The highest BCUT2D eigenvalue weighted by atomic mass is 32.1. The Kier molecular flexibility index (Phi) is 6.76. The van der Waals surface area contributed by atoms with E-state index in [4.69, 9.17) is 4.74 Å². The van der Waals surface area contributed by atoms with Gasteiger partial charge in [0.1, 0.15) is 5.75 Å². The summed E-state index contributed by atoms with van der Waals surface area (Å²) in [6, 6.07) is 12.4. The molecule has 0 saturated heterocycles. The molecule has 0 fully saturated rings. The molecule has 7 heteroatoms. The maximum absolute atomic E-state index is 14.3. The minimum absolute atomic E-state index is 0.165. The van der Waals surface area contributed by atoms with Crippen molar-refractivity contribution < 1.29 is 9.13 Å². The lowest BCUT2D eigenvalue weighted by Gasteiger charge is -2.11. The predicted octanol–water partition coefficient (Wildman–Crippen LogP) is 4.33. The van der Waals surface area contributed by atoms with Crippen LogP contribution in [0.1, 0.15) is 17.4 Å². The fourth-order valence-corrected chi connectivity index (χ4v) is 3.00. The number of pyridine rings is 1. The maximum Gasteiger partial charge on any atom is 0.191 e. The van der Waals surface area contributed by atoms with Crippen LogP contribution in [0.3, 0.4) is 0 Å². The van der Waals surface area contributed by atoms with E-state index < -0.39 is 5.82 Å². The largest absolute Gasteiger partial charge is 0.453 e. The second kappa shape index (κ2) is 9.68. The Morgan fingerprint density at radius 2 is 2.15 bits per heavy atom. The number of guanidine groups is 1. The summed E-state index contributed by atoms with van der Waals surface area (Å²) in [7, 11) is 0. The van der Waals surface area contributed by atoms with E-state index in [9.17, 15) is 4.39 Å². The van der Waals surface area contributed by atoms with Gasteiger partial charge in [-0.1, -0.05) is 12.1 Å². The molecule has 0 amide bonds. The number of ether oxygens (including phenoxy) is 1. The number of halogens is 1. The molecule has 140 valence electrons. The molecule has 5 nitrogen and oxygen atoms in total. The topological polar surface area (TPSA) is 58.5 Å². The molecule has 0 aliphatic rings. The molecule has 0 saturated carbocycles. The van der Waals surface area contributed by atoms with Crippen molar-refractivity contribution in [3.63, 3.8) is 0 Å². The van der Waals surface area contributed by atoms with E-state index in [-0.39, 0.29) is 5.75 Å². The van der Waals surface area contributed by atoms with Gasteiger partial charge in [-0.15, -0.1) is 11.3 Å². The normalized spacial score (nSPS) is 11.3. The summed E-state index contributed by atoms with van der Waals surface area (Å²) in [6.07, 6.45) is 3.18. The minimum atomic E-state index is -0.428. The summed E-state index contributed by atoms with van der Waals surface area (Å²) in [5.41, 5.74) is 0.763. The summed E-state index contributed by atoms with van der Waals surface area (Å²) < 4.78 is 19.8. The molecule has 0 radical (unpaired) electrons. The molecule has 27 heavy (non-hydrogen) atoms. The molecular weight excluding hydrogens is 363 g/mol. The van der Waals surface area contributed by atoms with Gasteiger partial charge in [-0.3, -0.25) is 4.98 Å². The average Bonchev–Trinajstić information content (AvgIpc) is 3.20. The van der Waals surface area contributed by atoms with E-state index in [0.717, 1.165) is 12.1 Å². The van der Waals surface area contributed by atoms with Crippen molar-refractivity contribution in [2.75, 3.05) is 6.54 Å². The monoisotopic (exact) mass is 384 g/mol. The van der Waals surface area contributed by atoms with Crippen molar-refractivity contribution in [2.24, 2.45) is 4.99 Å². The molecule has 1 aromatic carbocycles. The van der Waals surface area contributed by atoms with Crippen LogP contribution in [0.25, 0.3) is 0 Å². The van der Waals surface area contributed by atoms with Crippen molar-refractivity contribution in [2.45, 2.75) is 20.0 Å². The van der Waals surface area contributed by atoms with Gasteiger partial charge >= 0.3 is 0 Å². The highest BCUT2D eigenvalue weighted by Gasteiger charge is 2.07. The van der Waals surface area contributed by atoms with E-state index in [1.165, 1.54) is 10.9 Å². The Hall–Kier alpha value is -2.93. The average molecular weight is 384 g/mol. The Bertz CT molecular complexity index is 869. The van der Waals surface area contributed by atoms with Crippen molar-refractivity contribution in [3.05, 3.63) is 76.5 Å². The zero-order chi connectivity index (χ0) is 18.9. The summed E-state index contributed by atoms with van der Waals surface area (Å²) >= 11 is 1.69. The van der Waals surface area contributed by atoms with Crippen LogP contribution in [-0.4, -0.2) is 17.5 Å². The number of aliphatic imine (C=N–C) groups is 1. The molecule has 0 bridgehead atoms. The number of hydrogen-bond acceptors (Lipinski definition) is 4. The fraction of sp³-hybridized carbons (Fsp3) is 0.200. The van der Waals surface area contributed by atoms with Gasteiger partial charge in [-0.05, 0) is 48.2 Å². The van der Waals surface area contributed by atoms with Gasteiger partial charge in [-0.25, -0.2) is 9.38 Å². The molecule has 0 aliphatic carbocycles. The minimum Gasteiger partial charge on any atom is -0.453 e. The van der Waals surface area contributed by atoms with Gasteiger partial charge in [-0.2, -0.15) is 0 Å². The third kappa shape index (κ3) is 5.79. The third-order valence-electron chi connectivity index (χ3n) is 3.63. The van der Waals surface area contributed by atoms with Crippen molar-refractivity contribution in [1.29, 1.82) is 0 Å². The number of aromatic nitrogens is 1. The Labute approximate surface area is 162 Å². The van der Waals surface area contributed by atoms with Crippen molar-refractivity contribution >= 4 is 17.3 Å². The van der Waals surface area contributed by atoms with Gasteiger partial charge in [0, 0.05) is 17.6 Å². The zero-order valence-electron chi connectivity index (χ0n) is 15.0. The van der Waals surface area contributed by atoms with Crippen molar-refractivity contribution in [1.82, 2.24) is 15.6 Å². The van der Waals surface area contributed by atoms with E-state index in [1.54, 1.807) is 48.0 Å². The zero-order valence-corrected chi connectivity index (χ0v) is 15.8. The van der Waals surface area contributed by atoms with Gasteiger partial charge in [0.25, 0.3) is 0 Å². The van der Waals surface area contributed by atoms with E-state index in [2.05, 4.69) is 26.7 Å². The van der Waals surface area contributed by atoms with Gasteiger partial charge in [0.2, 0.25) is 0 Å². The van der Waals surface area contributed by atoms with Crippen LogP contribution >= 0.6 is 11.3 Å². The van der Waals surface area contributed by atoms with Gasteiger partial charge in [0.15, 0.2) is 17.5 Å². The number of rotatable bonds is 7. The first kappa shape index (κ1) is 18.8. The molecule has 2 heterocycles. The highest BCUT2D eigenvalue weighted by molar-refractivity contribution is 7.09. The number of nitrogens with one attached hydrogen (secondary N) is 2. The predicted molar refractivity (Wildman–Crippen MR) is 107 cm³/mol. The van der Waals surface area contributed by atoms with Crippen LogP contribution in [0.15, 0.2) is 65.2 Å². The first-order valence-electron chi connectivity index (χ1n) is 8.65. The fourth-order valence-electron chi connectivity index (χ4n) is 2.36. The molecule has 0 aliphatic heterocycles. The lowest BCUT2D eigenvalue weighted by atomic mass is 10.2. The molecule has 0 spiro atoms. The van der Waals surface area contributed by atoms with E-state index >= 15 is 0 Å². The third-order valence-corrected chi connectivity index (χ3v) is 4.51. The molecular formula is C20H21FN4OS. The van der Waals surface area contributed by atoms with E-state index in [0.29, 0.717) is 24.8 Å². The standard InChI is InChI=1S/C20H21FN4OS/c1-2-23-20(25-14-17-6-4-10-27-17)24-12-15-7-8-19(18(21)11-15)26-16-5-3-9-22-13-16/h3-11,13H,2,12,14H2,1H3,(H2,23,24,25). The SMILES string of the molecule is CCNC(=NCc1ccc(Oc2cccnc2)c(F)c1)NCc1cccs1. The second-order valence-corrected chi connectivity index (χ2v) is 6.72. The Morgan fingerprint density at radius 3 is 2.85 bits per heavy atom.